The zero-order chi connectivity index (χ0) is 29.2. The topological polar surface area (TPSA) is 120 Å². The van der Waals surface area contributed by atoms with Crippen LogP contribution in [0.25, 0.3) is 0 Å². The first-order valence-electron chi connectivity index (χ1n) is 16.9. The maximum absolute atomic E-state index is 12.2. The summed E-state index contributed by atoms with van der Waals surface area (Å²) in [5, 5.41) is 14.6. The van der Waals surface area contributed by atoms with Crippen LogP contribution in [0.3, 0.4) is 0 Å². The predicted molar refractivity (Wildman–Crippen MR) is 159 cm³/mol. The first kappa shape index (κ1) is 32.7. The number of piperidine rings is 1. The van der Waals surface area contributed by atoms with E-state index in [1.165, 1.54) is 65.2 Å². The van der Waals surface area contributed by atoms with Crippen LogP contribution in [0.4, 0.5) is 0 Å². The van der Waals surface area contributed by atoms with Crippen LogP contribution in [-0.4, -0.2) is 60.3 Å². The highest BCUT2D eigenvalue weighted by Gasteiger charge is 2.42. The van der Waals surface area contributed by atoms with Crippen molar-refractivity contribution in [1.82, 2.24) is 5.32 Å². The lowest BCUT2D eigenvalue weighted by Crippen LogP contribution is -2.50. The minimum atomic E-state index is -0.447. The summed E-state index contributed by atoms with van der Waals surface area (Å²) in [6.45, 7) is 3.86. The summed E-state index contributed by atoms with van der Waals surface area (Å²) < 4.78 is 18.2. The van der Waals surface area contributed by atoms with Crippen LogP contribution in [-0.2, 0) is 23.8 Å². The molecule has 8 heteroatoms. The number of nitrogens with two attached hydrogens (primary N) is 1. The van der Waals surface area contributed by atoms with E-state index in [0.717, 1.165) is 64.3 Å². The fourth-order valence-corrected chi connectivity index (χ4v) is 8.50. The Labute approximate surface area is 248 Å². The Morgan fingerprint density at radius 3 is 2.20 bits per heavy atom. The van der Waals surface area contributed by atoms with Gasteiger partial charge in [0.15, 0.2) is 0 Å². The summed E-state index contributed by atoms with van der Waals surface area (Å²) in [7, 11) is 0. The molecule has 41 heavy (non-hydrogen) atoms. The normalized spacial score (nSPS) is 33.6. The lowest BCUT2D eigenvalue weighted by Gasteiger charge is -2.46. The molecule has 0 aromatic heterocycles. The Balaban J connectivity index is 1.43. The Hall–Kier alpha value is -1.22. The summed E-state index contributed by atoms with van der Waals surface area (Å²) in [6, 6.07) is 0. The molecule has 6 unspecified atom stereocenters. The molecule has 1 heterocycles. The average Bonchev–Trinajstić information content (AvgIpc) is 2.93. The molecule has 0 radical (unpaired) electrons. The van der Waals surface area contributed by atoms with E-state index in [4.69, 9.17) is 19.9 Å². The molecule has 1 aliphatic heterocycles. The van der Waals surface area contributed by atoms with Crippen molar-refractivity contribution in [3.8, 4) is 0 Å². The van der Waals surface area contributed by atoms with Crippen molar-refractivity contribution in [2.24, 2.45) is 29.4 Å². The number of carbonyl (C=O) groups is 2. The van der Waals surface area contributed by atoms with E-state index in [1.807, 2.05) is 0 Å². The van der Waals surface area contributed by atoms with Crippen molar-refractivity contribution in [2.75, 3.05) is 6.54 Å². The monoisotopic (exact) mass is 578 g/mol. The molecule has 236 valence electrons. The van der Waals surface area contributed by atoms with Crippen LogP contribution in [0.15, 0.2) is 0 Å². The molecule has 8 atom stereocenters. The molecule has 0 aromatic carbocycles. The third kappa shape index (κ3) is 10.8. The minimum absolute atomic E-state index is 0.000764. The van der Waals surface area contributed by atoms with Gasteiger partial charge in [0.1, 0.15) is 12.2 Å². The highest BCUT2D eigenvalue weighted by Crippen LogP contribution is 2.44. The van der Waals surface area contributed by atoms with E-state index in [0.29, 0.717) is 30.1 Å². The number of hydrogen-bond acceptors (Lipinski definition) is 8. The van der Waals surface area contributed by atoms with Gasteiger partial charge in [0.2, 0.25) is 0 Å². The van der Waals surface area contributed by atoms with E-state index in [9.17, 15) is 14.7 Å². The van der Waals surface area contributed by atoms with E-state index < -0.39 is 6.10 Å². The molecule has 1 saturated heterocycles. The first-order chi connectivity index (χ1) is 19.8. The summed E-state index contributed by atoms with van der Waals surface area (Å²) in [4.78, 5) is 24.2. The van der Waals surface area contributed by atoms with Crippen LogP contribution in [0.1, 0.15) is 129 Å². The number of ether oxygens (including phenoxy) is 3. The van der Waals surface area contributed by atoms with Gasteiger partial charge in [-0.3, -0.25) is 9.59 Å². The van der Waals surface area contributed by atoms with Crippen molar-refractivity contribution in [3.63, 3.8) is 0 Å². The largest absolute Gasteiger partial charge is 0.462 e. The average molecular weight is 579 g/mol. The SMILES string of the molecule is CC(=O)O[C@H](CCC1CC(OC2CCCCC2)C(O)CC1C1CCNC(N)C1)C[C@H](CC1CCCCC1)OC(C)=O. The Bertz CT molecular complexity index is 799. The van der Waals surface area contributed by atoms with Crippen LogP contribution in [0, 0.1) is 23.7 Å². The second-order valence-electron chi connectivity index (χ2n) is 13.8. The molecule has 8 nitrogen and oxygen atoms in total. The molecule has 4 N–H and O–H groups in total. The molecule has 3 aliphatic carbocycles. The van der Waals surface area contributed by atoms with Gasteiger partial charge in [-0.05, 0) is 88.0 Å². The van der Waals surface area contributed by atoms with Gasteiger partial charge in [-0.15, -0.1) is 0 Å². The molecule has 4 aliphatic rings. The summed E-state index contributed by atoms with van der Waals surface area (Å²) in [5.41, 5.74) is 6.31. The number of esters is 2. The van der Waals surface area contributed by atoms with Gasteiger partial charge >= 0.3 is 11.9 Å². The smallest absolute Gasteiger partial charge is 0.302 e. The van der Waals surface area contributed by atoms with Crippen molar-refractivity contribution < 1.29 is 28.9 Å². The van der Waals surface area contributed by atoms with Gasteiger partial charge in [-0.1, -0.05) is 51.4 Å². The van der Waals surface area contributed by atoms with Crippen molar-refractivity contribution in [2.45, 2.75) is 166 Å². The molecular weight excluding hydrogens is 520 g/mol. The number of hydrogen-bond donors (Lipinski definition) is 3. The standard InChI is InChI=1S/C33H58N2O6/c1-22(36)39-28(20-29(40-23(2)37)17-24-9-5-3-6-10-24)14-13-25-18-32(41-27-11-7-4-8-12-27)31(38)21-30(25)26-15-16-35-33(34)19-26/h24-33,35,38H,3-21,34H2,1-2H3/t25?,26?,28-,29+,30?,31?,32?,33?/m1/s1. The van der Waals surface area contributed by atoms with E-state index in [1.54, 1.807) is 0 Å². The molecule has 4 rings (SSSR count). The number of aliphatic hydroxyl groups is 1. The van der Waals surface area contributed by atoms with Crippen molar-refractivity contribution >= 4 is 11.9 Å². The molecular formula is C33H58N2O6. The highest BCUT2D eigenvalue weighted by atomic mass is 16.6. The molecule has 0 aromatic rings. The van der Waals surface area contributed by atoms with Crippen LogP contribution >= 0.6 is 0 Å². The van der Waals surface area contributed by atoms with Crippen LogP contribution < -0.4 is 11.1 Å². The summed E-state index contributed by atoms with van der Waals surface area (Å²) in [6.07, 6.45) is 17.8. The Morgan fingerprint density at radius 1 is 0.878 bits per heavy atom. The molecule has 0 spiro atoms. The van der Waals surface area contributed by atoms with Gasteiger partial charge in [0.25, 0.3) is 0 Å². The molecule has 0 amide bonds. The van der Waals surface area contributed by atoms with Crippen LogP contribution in [0.2, 0.25) is 0 Å². The lowest BCUT2D eigenvalue weighted by molar-refractivity contribution is -0.154. The van der Waals surface area contributed by atoms with E-state index in [-0.39, 0.29) is 42.5 Å². The van der Waals surface area contributed by atoms with Crippen LogP contribution in [0.5, 0.6) is 0 Å². The maximum atomic E-state index is 12.2. The minimum Gasteiger partial charge on any atom is -0.462 e. The van der Waals surface area contributed by atoms with Crippen molar-refractivity contribution in [3.05, 3.63) is 0 Å². The third-order valence-corrected chi connectivity index (χ3v) is 10.5. The van der Waals surface area contributed by atoms with Gasteiger partial charge < -0.3 is 30.4 Å². The second-order valence-corrected chi connectivity index (χ2v) is 13.8. The Morgan fingerprint density at radius 2 is 1.54 bits per heavy atom. The Kier molecular flexibility index (Phi) is 13.2. The number of aliphatic hydroxyl groups excluding tert-OH is 1. The quantitative estimate of drug-likeness (QED) is 0.264. The van der Waals surface area contributed by atoms with Gasteiger partial charge in [0, 0.05) is 20.3 Å². The third-order valence-electron chi connectivity index (χ3n) is 10.5. The second kappa shape index (κ2) is 16.6. The molecule has 4 fully saturated rings. The van der Waals surface area contributed by atoms with Gasteiger partial charge in [0.05, 0.1) is 24.5 Å². The number of nitrogens with one attached hydrogen (secondary N) is 1. The highest BCUT2D eigenvalue weighted by molar-refractivity contribution is 5.66. The lowest BCUT2D eigenvalue weighted by atomic mass is 9.66. The first-order valence-corrected chi connectivity index (χ1v) is 16.9. The molecule has 0 bridgehead atoms. The summed E-state index contributed by atoms with van der Waals surface area (Å²) >= 11 is 0. The fourth-order valence-electron chi connectivity index (χ4n) is 8.50. The van der Waals surface area contributed by atoms with Gasteiger partial charge in [-0.25, -0.2) is 0 Å². The summed E-state index contributed by atoms with van der Waals surface area (Å²) in [5.74, 6) is 1.22. The molecule has 3 saturated carbocycles. The zero-order valence-corrected chi connectivity index (χ0v) is 25.8. The maximum Gasteiger partial charge on any atom is 0.302 e. The van der Waals surface area contributed by atoms with E-state index >= 15 is 0 Å². The fraction of sp³-hybridized carbons (Fsp3) is 0.939. The zero-order valence-electron chi connectivity index (χ0n) is 25.8. The van der Waals surface area contributed by atoms with Crippen molar-refractivity contribution in [1.29, 1.82) is 0 Å². The van der Waals surface area contributed by atoms with E-state index in [2.05, 4.69) is 5.32 Å². The number of rotatable bonds is 12. The van der Waals surface area contributed by atoms with Gasteiger partial charge in [-0.2, -0.15) is 0 Å². The number of carbonyl (C=O) groups excluding carboxylic acids is 2. The predicted octanol–water partition coefficient (Wildman–Crippen LogP) is 5.38.